The maximum atomic E-state index is 6.07. The van der Waals surface area contributed by atoms with E-state index in [0.717, 1.165) is 13.0 Å². The van der Waals surface area contributed by atoms with Crippen LogP contribution in [-0.2, 0) is 4.74 Å². The van der Waals surface area contributed by atoms with E-state index in [1.54, 1.807) is 0 Å². The van der Waals surface area contributed by atoms with Crippen LogP contribution >= 0.6 is 0 Å². The summed E-state index contributed by atoms with van der Waals surface area (Å²) in [7, 11) is 0. The molecule has 0 aromatic rings. The fourth-order valence-corrected chi connectivity index (χ4v) is 1.47. The summed E-state index contributed by atoms with van der Waals surface area (Å²) in [6, 6.07) is 0.127. The molecule has 2 atom stereocenters. The standard InChI is InChI=1S/C10H23NO/c1-6-10(5,12-7-2)9(11)8(3)4/h8-9H,6-7,11H2,1-5H3. The molecule has 0 heterocycles. The lowest BCUT2D eigenvalue weighted by atomic mass is 9.86. The van der Waals surface area contributed by atoms with Crippen molar-refractivity contribution >= 4 is 0 Å². The first kappa shape index (κ1) is 11.9. The number of ether oxygens (including phenoxy) is 1. The van der Waals surface area contributed by atoms with Gasteiger partial charge in [-0.2, -0.15) is 0 Å². The molecule has 2 nitrogen and oxygen atoms in total. The van der Waals surface area contributed by atoms with E-state index < -0.39 is 0 Å². The molecule has 0 aliphatic carbocycles. The van der Waals surface area contributed by atoms with Crippen molar-refractivity contribution in [2.24, 2.45) is 11.7 Å². The van der Waals surface area contributed by atoms with Gasteiger partial charge in [0.1, 0.15) is 0 Å². The molecule has 0 rings (SSSR count). The van der Waals surface area contributed by atoms with E-state index in [-0.39, 0.29) is 11.6 Å². The van der Waals surface area contributed by atoms with Gasteiger partial charge in [-0.1, -0.05) is 20.8 Å². The first-order valence-electron chi connectivity index (χ1n) is 4.87. The van der Waals surface area contributed by atoms with Crippen LogP contribution in [-0.4, -0.2) is 18.2 Å². The molecule has 0 aliphatic heterocycles. The first-order valence-corrected chi connectivity index (χ1v) is 4.87. The SMILES string of the molecule is CCOC(C)(CC)C(N)C(C)C. The zero-order valence-electron chi connectivity index (χ0n) is 9.05. The van der Waals surface area contributed by atoms with Crippen LogP contribution in [0.2, 0.25) is 0 Å². The van der Waals surface area contributed by atoms with Gasteiger partial charge in [0.05, 0.1) is 5.60 Å². The van der Waals surface area contributed by atoms with Crippen LogP contribution in [0.3, 0.4) is 0 Å². The van der Waals surface area contributed by atoms with Gasteiger partial charge in [-0.3, -0.25) is 0 Å². The molecule has 0 saturated carbocycles. The Balaban J connectivity index is 4.28. The molecule has 0 aromatic carbocycles. The molecule has 2 heteroatoms. The Labute approximate surface area is 76.5 Å². The first-order chi connectivity index (χ1) is 5.48. The lowest BCUT2D eigenvalue weighted by Crippen LogP contribution is -2.50. The maximum absolute atomic E-state index is 6.07. The molecule has 74 valence electrons. The van der Waals surface area contributed by atoms with E-state index in [9.17, 15) is 0 Å². The summed E-state index contributed by atoms with van der Waals surface area (Å²) in [5.41, 5.74) is 5.92. The highest BCUT2D eigenvalue weighted by Crippen LogP contribution is 2.23. The number of rotatable bonds is 5. The zero-order chi connectivity index (χ0) is 9.78. The van der Waals surface area contributed by atoms with Crippen LogP contribution in [0.5, 0.6) is 0 Å². The second kappa shape index (κ2) is 4.83. The van der Waals surface area contributed by atoms with Crippen LogP contribution in [0.15, 0.2) is 0 Å². The van der Waals surface area contributed by atoms with Crippen molar-refractivity contribution in [3.05, 3.63) is 0 Å². The highest BCUT2D eigenvalue weighted by Gasteiger charge is 2.32. The van der Waals surface area contributed by atoms with E-state index >= 15 is 0 Å². The van der Waals surface area contributed by atoms with Gasteiger partial charge in [0.2, 0.25) is 0 Å². The molecule has 0 aliphatic rings. The van der Waals surface area contributed by atoms with E-state index in [2.05, 4.69) is 27.7 Å². The average Bonchev–Trinajstić information content (AvgIpc) is 2.03. The summed E-state index contributed by atoms with van der Waals surface area (Å²) in [6.07, 6.45) is 0.972. The van der Waals surface area contributed by atoms with Crippen molar-refractivity contribution in [3.8, 4) is 0 Å². The third-order valence-corrected chi connectivity index (χ3v) is 2.60. The van der Waals surface area contributed by atoms with Gasteiger partial charge in [-0.05, 0) is 26.2 Å². The van der Waals surface area contributed by atoms with Gasteiger partial charge >= 0.3 is 0 Å². The predicted molar refractivity (Wildman–Crippen MR) is 53.1 cm³/mol. The molecule has 0 spiro atoms. The molecule has 2 unspecified atom stereocenters. The molecule has 0 amide bonds. The number of hydrogen-bond acceptors (Lipinski definition) is 2. The Morgan fingerprint density at radius 2 is 1.83 bits per heavy atom. The minimum atomic E-state index is -0.150. The lowest BCUT2D eigenvalue weighted by molar-refractivity contribution is -0.0559. The molecule has 2 N–H and O–H groups in total. The molecular formula is C10H23NO. The summed E-state index contributed by atoms with van der Waals surface area (Å²) in [6.45, 7) is 11.2. The van der Waals surface area contributed by atoms with Crippen LogP contribution < -0.4 is 5.73 Å². The van der Waals surface area contributed by atoms with Crippen LogP contribution in [0.1, 0.15) is 41.0 Å². The average molecular weight is 173 g/mol. The fraction of sp³-hybridized carbons (Fsp3) is 1.00. The van der Waals surface area contributed by atoms with Crippen molar-refractivity contribution in [1.29, 1.82) is 0 Å². The predicted octanol–water partition coefficient (Wildman–Crippen LogP) is 2.17. The smallest absolute Gasteiger partial charge is 0.0804 e. The Kier molecular flexibility index (Phi) is 4.80. The topological polar surface area (TPSA) is 35.2 Å². The van der Waals surface area contributed by atoms with Gasteiger partial charge in [-0.25, -0.2) is 0 Å². The van der Waals surface area contributed by atoms with Gasteiger partial charge in [0.25, 0.3) is 0 Å². The van der Waals surface area contributed by atoms with Crippen LogP contribution in [0.4, 0.5) is 0 Å². The van der Waals surface area contributed by atoms with E-state index in [1.807, 2.05) is 6.92 Å². The Hall–Kier alpha value is -0.0800. The van der Waals surface area contributed by atoms with Gasteiger partial charge in [0.15, 0.2) is 0 Å². The highest BCUT2D eigenvalue weighted by molar-refractivity contribution is 4.87. The van der Waals surface area contributed by atoms with Crippen LogP contribution in [0.25, 0.3) is 0 Å². The summed E-state index contributed by atoms with van der Waals surface area (Å²) >= 11 is 0. The van der Waals surface area contributed by atoms with Crippen molar-refractivity contribution in [2.75, 3.05) is 6.61 Å². The molecule has 12 heavy (non-hydrogen) atoms. The van der Waals surface area contributed by atoms with Gasteiger partial charge in [0, 0.05) is 12.6 Å². The molecule has 0 bridgehead atoms. The van der Waals surface area contributed by atoms with Crippen molar-refractivity contribution in [1.82, 2.24) is 0 Å². The number of nitrogens with two attached hydrogens (primary N) is 1. The minimum Gasteiger partial charge on any atom is -0.374 e. The summed E-state index contributed by atoms with van der Waals surface area (Å²) < 4.78 is 5.68. The Morgan fingerprint density at radius 1 is 1.33 bits per heavy atom. The zero-order valence-corrected chi connectivity index (χ0v) is 9.05. The molecule has 0 aromatic heterocycles. The minimum absolute atomic E-state index is 0.127. The summed E-state index contributed by atoms with van der Waals surface area (Å²) in [4.78, 5) is 0. The Morgan fingerprint density at radius 3 is 2.08 bits per heavy atom. The molecule has 0 fully saturated rings. The third kappa shape index (κ3) is 2.76. The van der Waals surface area contributed by atoms with Crippen molar-refractivity contribution < 1.29 is 4.74 Å². The molecule has 0 saturated heterocycles. The van der Waals surface area contributed by atoms with Crippen molar-refractivity contribution in [2.45, 2.75) is 52.7 Å². The maximum Gasteiger partial charge on any atom is 0.0804 e. The van der Waals surface area contributed by atoms with E-state index in [0.29, 0.717) is 5.92 Å². The van der Waals surface area contributed by atoms with Gasteiger partial charge in [-0.15, -0.1) is 0 Å². The molecular weight excluding hydrogens is 150 g/mol. The second-order valence-electron chi connectivity index (χ2n) is 3.87. The number of hydrogen-bond donors (Lipinski definition) is 1. The van der Waals surface area contributed by atoms with Crippen LogP contribution in [0, 0.1) is 5.92 Å². The summed E-state index contributed by atoms with van der Waals surface area (Å²) in [5.74, 6) is 0.474. The fourth-order valence-electron chi connectivity index (χ4n) is 1.47. The van der Waals surface area contributed by atoms with Crippen molar-refractivity contribution in [3.63, 3.8) is 0 Å². The van der Waals surface area contributed by atoms with E-state index in [1.165, 1.54) is 0 Å². The van der Waals surface area contributed by atoms with E-state index in [4.69, 9.17) is 10.5 Å². The third-order valence-electron chi connectivity index (χ3n) is 2.60. The monoisotopic (exact) mass is 173 g/mol. The summed E-state index contributed by atoms with van der Waals surface area (Å²) in [5, 5.41) is 0. The second-order valence-corrected chi connectivity index (χ2v) is 3.87. The molecule has 0 radical (unpaired) electrons. The van der Waals surface area contributed by atoms with Gasteiger partial charge < -0.3 is 10.5 Å². The normalized spacial score (nSPS) is 19.2. The lowest BCUT2D eigenvalue weighted by Gasteiger charge is -2.36. The quantitative estimate of drug-likeness (QED) is 0.691. The largest absolute Gasteiger partial charge is 0.374 e. The highest BCUT2D eigenvalue weighted by atomic mass is 16.5. The Bertz CT molecular complexity index is 125.